The Bertz CT molecular complexity index is 720. The van der Waals surface area contributed by atoms with E-state index in [1.807, 2.05) is 0 Å². The van der Waals surface area contributed by atoms with Crippen LogP contribution in [0.5, 0.6) is 0 Å². The topological polar surface area (TPSA) is 23.3 Å². The van der Waals surface area contributed by atoms with Crippen LogP contribution in [0.4, 0.5) is 30.9 Å². The molecule has 0 aliphatic carbocycles. The van der Waals surface area contributed by atoms with Crippen molar-refractivity contribution >= 4 is 45.3 Å². The molecule has 1 aromatic rings. The van der Waals surface area contributed by atoms with Crippen LogP contribution in [-0.2, 0) is 21.5 Å². The number of rotatable bonds is 4. The van der Waals surface area contributed by atoms with Gasteiger partial charge in [-0.3, -0.25) is 0 Å². The molecule has 14 heteroatoms. The average molecular weight is 758 g/mol. The van der Waals surface area contributed by atoms with E-state index >= 15 is 0 Å². The van der Waals surface area contributed by atoms with Crippen LogP contribution >= 0.6 is 39.6 Å². The minimum atomic E-state index is -10.7. The Labute approximate surface area is 271 Å². The standard InChI is InChI=1S/C15H25NP.C4H8O.3C3H9P.Co.F6P/c1-10(2)17(11(3)4)16-15-13(6)8-12(5)9-14(15)7;1-2-4-5-3-1;3*1-4(2)3;;1-7(2,3,4,5)6/h8-11H,1-7H3;1-4H2;3*1-3H3;;/q-1;;;;;+2;-1/p+3. The van der Waals surface area contributed by atoms with Crippen molar-refractivity contribution in [2.45, 2.75) is 72.6 Å². The Morgan fingerprint density at radius 3 is 1.07 bits per heavy atom. The maximum absolute atomic E-state index is 10.7. The molecule has 0 unspecified atom stereocenters. The van der Waals surface area contributed by atoms with Crippen molar-refractivity contribution < 1.29 is 46.7 Å². The van der Waals surface area contributed by atoms with Crippen molar-refractivity contribution in [3.05, 3.63) is 33.9 Å². The van der Waals surface area contributed by atoms with E-state index in [0.717, 1.165) is 13.2 Å². The van der Waals surface area contributed by atoms with Crippen LogP contribution in [0.1, 0.15) is 57.2 Å². The quantitative estimate of drug-likeness (QED) is 0.222. The molecule has 1 heterocycles. The molecule has 1 saturated heterocycles. The molecule has 0 spiro atoms. The van der Waals surface area contributed by atoms with Gasteiger partial charge in [0.25, 0.3) is 0 Å². The molecular weight excluding hydrogens is 694 g/mol. The fourth-order valence-electron chi connectivity index (χ4n) is 2.78. The van der Waals surface area contributed by atoms with Crippen molar-refractivity contribution in [1.82, 2.24) is 0 Å². The molecule has 0 saturated carbocycles. The number of ether oxygens (including phenoxy) is 1. The molecule has 0 amide bonds. The van der Waals surface area contributed by atoms with Crippen LogP contribution < -0.4 is 0 Å². The van der Waals surface area contributed by atoms with Gasteiger partial charge < -0.3 is 9.82 Å². The Balaban J connectivity index is -0.000000151. The number of benzene rings is 1. The number of hydrogen-bond donors (Lipinski definition) is 0. The second-order valence-electron chi connectivity index (χ2n) is 12.2. The fourth-order valence-corrected chi connectivity index (χ4v) is 4.98. The molecule has 1 aliphatic heterocycles. The van der Waals surface area contributed by atoms with Gasteiger partial charge in [-0.15, -0.1) is 5.69 Å². The average Bonchev–Trinajstić information content (AvgIpc) is 3.22. The monoisotopic (exact) mass is 757 g/mol. The zero-order valence-corrected chi connectivity index (χ0v) is 34.8. The maximum atomic E-state index is 9.87. The third kappa shape index (κ3) is 56.9. The predicted molar refractivity (Wildman–Crippen MR) is 193 cm³/mol. The van der Waals surface area contributed by atoms with E-state index in [1.54, 1.807) is 0 Å². The van der Waals surface area contributed by atoms with Gasteiger partial charge in [0, 0.05) is 73.2 Å². The zero-order valence-electron chi connectivity index (χ0n) is 29.0. The first kappa shape index (κ1) is 52.7. The van der Waals surface area contributed by atoms with Gasteiger partial charge in [0.2, 0.25) is 0 Å². The van der Waals surface area contributed by atoms with E-state index in [9.17, 15) is 25.2 Å². The van der Waals surface area contributed by atoms with Crippen LogP contribution in [0, 0.1) is 20.8 Å². The first-order chi connectivity index (χ1) is 18.0. The molecule has 1 aromatic carbocycles. The van der Waals surface area contributed by atoms with E-state index in [-0.39, 0.29) is 48.6 Å². The summed E-state index contributed by atoms with van der Waals surface area (Å²) in [6.07, 6.45) is 2.56. The zero-order chi connectivity index (χ0) is 33.8. The van der Waals surface area contributed by atoms with Gasteiger partial charge in [-0.2, -0.15) is 8.07 Å². The van der Waals surface area contributed by atoms with Gasteiger partial charge in [-0.25, -0.2) is 0 Å². The van der Waals surface area contributed by atoms with Gasteiger partial charge in [0.05, 0.1) is 0 Å². The molecule has 0 N–H and O–H groups in total. The summed E-state index contributed by atoms with van der Waals surface area (Å²) in [7, 11) is -10.6. The largest absolute Gasteiger partial charge is 2.00 e. The summed E-state index contributed by atoms with van der Waals surface area (Å²) in [5.74, 6) is 0. The van der Waals surface area contributed by atoms with Crippen molar-refractivity contribution in [3.8, 4) is 0 Å². The smallest absolute Gasteiger partial charge is 2.00 e. The summed E-state index contributed by atoms with van der Waals surface area (Å²) < 4.78 is 64.1. The molecule has 0 aromatic heterocycles. The molecule has 0 bridgehead atoms. The summed E-state index contributed by atoms with van der Waals surface area (Å²) in [6.45, 7) is 38.1. The molecule has 2 nitrogen and oxygen atoms in total. The van der Waals surface area contributed by atoms with Gasteiger partial charge >= 0.3 is 49.8 Å². The summed E-state index contributed by atoms with van der Waals surface area (Å²) >= 11 is 0. The Hall–Kier alpha value is 1.22. The van der Waals surface area contributed by atoms with E-state index in [2.05, 4.69) is 121 Å². The van der Waals surface area contributed by atoms with E-state index in [1.165, 1.54) is 35.2 Å². The second-order valence-corrected chi connectivity index (χ2v) is 26.1. The second kappa shape index (κ2) is 24.4. The molecule has 42 heavy (non-hydrogen) atoms. The fraction of sp³-hybridized carbons (Fsp3) is 0.786. The summed E-state index contributed by atoms with van der Waals surface area (Å²) in [5, 5.41) is 5.06. The number of halogens is 6. The third-order valence-electron chi connectivity index (χ3n) is 3.74. The van der Waals surface area contributed by atoms with Crippen molar-refractivity contribution in [3.63, 3.8) is 0 Å². The van der Waals surface area contributed by atoms with Crippen LogP contribution in [0.25, 0.3) is 5.09 Å². The van der Waals surface area contributed by atoms with Crippen LogP contribution in [0.3, 0.4) is 0 Å². The van der Waals surface area contributed by atoms with Crippen molar-refractivity contribution in [2.75, 3.05) is 73.2 Å². The Morgan fingerprint density at radius 2 is 0.905 bits per heavy atom. The van der Waals surface area contributed by atoms with Crippen LogP contribution in [-0.4, -0.2) is 84.5 Å². The molecular formula is C28H63CoF6NOP5+3. The SMILES string of the molecule is C1CCOC1.C[PH+](C)C.C[PH+](C)C.C[PH+](C)C.Cc1cc(C)c([N-]P(C(C)C)C(C)C)c(C)c1.F[P-](F)(F)(F)(F)F.[Co+2]. The van der Waals surface area contributed by atoms with Crippen molar-refractivity contribution in [1.29, 1.82) is 0 Å². The van der Waals surface area contributed by atoms with E-state index < -0.39 is 7.81 Å². The van der Waals surface area contributed by atoms with Crippen molar-refractivity contribution in [2.24, 2.45) is 0 Å². The minimum absolute atomic E-state index is 0. The molecule has 2 rings (SSSR count). The third-order valence-corrected chi connectivity index (χ3v) is 6.28. The molecule has 1 aliphatic rings. The minimum Gasteiger partial charge on any atom is 2.00 e. The first-order valence-electron chi connectivity index (χ1n) is 14.0. The van der Waals surface area contributed by atoms with Gasteiger partial charge in [0.15, 0.2) is 0 Å². The Kier molecular flexibility index (Phi) is 30.6. The predicted octanol–water partition coefficient (Wildman–Crippen LogP) is 13.3. The molecule has 1 radical (unpaired) electrons. The van der Waals surface area contributed by atoms with E-state index in [0.29, 0.717) is 11.3 Å². The molecule has 0 atom stereocenters. The normalized spacial score (nSPS) is 14.0. The van der Waals surface area contributed by atoms with E-state index in [4.69, 9.17) is 9.82 Å². The molecule has 1 fully saturated rings. The van der Waals surface area contributed by atoms with Crippen LogP contribution in [0.2, 0.25) is 0 Å². The van der Waals surface area contributed by atoms with Gasteiger partial charge in [0.1, 0.15) is 0 Å². The number of aryl methyl sites for hydroxylation is 3. The van der Waals surface area contributed by atoms with Gasteiger partial charge in [-0.05, 0) is 68.7 Å². The first-order valence-corrected chi connectivity index (χ1v) is 26.5. The van der Waals surface area contributed by atoms with Crippen LogP contribution in [0.15, 0.2) is 12.1 Å². The Morgan fingerprint density at radius 1 is 0.667 bits per heavy atom. The number of hydrogen-bond acceptors (Lipinski definition) is 1. The summed E-state index contributed by atoms with van der Waals surface area (Å²) in [4.78, 5) is 0. The number of nitrogens with zero attached hydrogens (tertiary/aromatic N) is 1. The summed E-state index contributed by atoms with van der Waals surface area (Å²) in [5.41, 5.74) is 6.50. The van der Waals surface area contributed by atoms with Gasteiger partial charge in [-0.1, -0.05) is 56.5 Å². The molecule has 259 valence electrons. The summed E-state index contributed by atoms with van der Waals surface area (Å²) in [6, 6.07) is 4.47. The maximum Gasteiger partial charge on any atom is 2.00 e.